The number of thioether (sulfide) groups is 1. The van der Waals surface area contributed by atoms with Gasteiger partial charge in [-0.15, -0.1) is 11.8 Å². The van der Waals surface area contributed by atoms with Crippen molar-refractivity contribution in [3.05, 3.63) is 12.4 Å². The van der Waals surface area contributed by atoms with Crippen LogP contribution in [0, 0.1) is 5.92 Å². The fourth-order valence-electron chi connectivity index (χ4n) is 2.28. The molecule has 1 heterocycles. The fraction of sp³-hybridized carbons (Fsp3) is 0.667. The number of aromatic nitrogens is 2. The van der Waals surface area contributed by atoms with Crippen LogP contribution in [0.3, 0.4) is 0 Å². The lowest BCUT2D eigenvalue weighted by atomic mass is 9.86. The molecule has 0 aromatic carbocycles. The van der Waals surface area contributed by atoms with Gasteiger partial charge in [-0.25, -0.2) is 9.97 Å². The van der Waals surface area contributed by atoms with Crippen LogP contribution in [0.2, 0.25) is 0 Å². The lowest BCUT2D eigenvalue weighted by molar-refractivity contribution is 0.344. The maximum atomic E-state index is 5.70. The van der Waals surface area contributed by atoms with Crippen molar-refractivity contribution in [3.63, 3.8) is 0 Å². The molecule has 4 nitrogen and oxygen atoms in total. The molecule has 1 aliphatic carbocycles. The lowest BCUT2D eigenvalue weighted by Gasteiger charge is -2.28. The average Bonchev–Trinajstić information content (AvgIpc) is 2.40. The molecule has 0 bridgehead atoms. The summed E-state index contributed by atoms with van der Waals surface area (Å²) in [5.74, 6) is 1.67. The lowest BCUT2D eigenvalue weighted by Crippen LogP contribution is -2.29. The van der Waals surface area contributed by atoms with E-state index < -0.39 is 0 Å². The Labute approximate surface area is 107 Å². The molecule has 0 spiro atoms. The summed E-state index contributed by atoms with van der Waals surface area (Å²) in [6.45, 7) is 0.830. The Morgan fingerprint density at radius 1 is 1.35 bits per heavy atom. The number of rotatable bonds is 4. The Hall–Kier alpha value is -0.810. The van der Waals surface area contributed by atoms with E-state index in [2.05, 4.69) is 15.3 Å². The Morgan fingerprint density at radius 2 is 2.12 bits per heavy atom. The molecule has 1 fully saturated rings. The molecule has 2 rings (SSSR count). The Balaban J connectivity index is 1.88. The molecule has 17 heavy (non-hydrogen) atoms. The Bertz CT molecular complexity index is 350. The molecular formula is C12H20N4S. The number of nitrogens with one attached hydrogen (secondary N) is 1. The second-order valence-corrected chi connectivity index (χ2v) is 5.37. The first kappa shape index (κ1) is 12.6. The van der Waals surface area contributed by atoms with E-state index in [1.165, 1.54) is 25.7 Å². The second-order valence-electron chi connectivity index (χ2n) is 4.54. The van der Waals surface area contributed by atoms with Gasteiger partial charge in [-0.3, -0.25) is 0 Å². The van der Waals surface area contributed by atoms with Crippen molar-refractivity contribution in [2.45, 2.75) is 36.8 Å². The van der Waals surface area contributed by atoms with Crippen molar-refractivity contribution in [2.24, 2.45) is 11.7 Å². The monoisotopic (exact) mass is 252 g/mol. The van der Waals surface area contributed by atoms with Gasteiger partial charge in [0.05, 0.1) is 0 Å². The van der Waals surface area contributed by atoms with Crippen LogP contribution in [0.4, 0.5) is 5.82 Å². The summed E-state index contributed by atoms with van der Waals surface area (Å²) in [6.07, 6.45) is 8.50. The summed E-state index contributed by atoms with van der Waals surface area (Å²) in [4.78, 5) is 8.43. The van der Waals surface area contributed by atoms with Crippen LogP contribution in [0.25, 0.3) is 0 Å². The smallest absolute Gasteiger partial charge is 0.130 e. The molecule has 1 aromatic heterocycles. The van der Waals surface area contributed by atoms with Crippen LogP contribution >= 0.6 is 11.8 Å². The third-order valence-electron chi connectivity index (χ3n) is 3.38. The molecular weight excluding hydrogens is 232 g/mol. The molecule has 0 aliphatic heterocycles. The first-order chi connectivity index (χ1) is 8.31. The van der Waals surface area contributed by atoms with Crippen LogP contribution < -0.4 is 11.1 Å². The highest BCUT2D eigenvalue weighted by atomic mass is 32.2. The molecule has 1 aromatic rings. The Kier molecular flexibility index (Phi) is 4.62. The van der Waals surface area contributed by atoms with Crippen molar-refractivity contribution in [1.82, 2.24) is 9.97 Å². The number of nitrogens with two attached hydrogens (primary N) is 1. The highest BCUT2D eigenvalue weighted by molar-refractivity contribution is 7.98. The van der Waals surface area contributed by atoms with Gasteiger partial charge in [-0.1, -0.05) is 0 Å². The molecule has 1 saturated carbocycles. The fourth-order valence-corrected chi connectivity index (χ4v) is 2.66. The molecule has 1 aliphatic rings. The van der Waals surface area contributed by atoms with E-state index in [4.69, 9.17) is 5.73 Å². The van der Waals surface area contributed by atoms with Gasteiger partial charge in [-0.05, 0) is 44.4 Å². The SMILES string of the molecule is CSc1cc(NC2CCC(CN)CC2)ncn1. The minimum atomic E-state index is 0.544. The predicted octanol–water partition coefficient (Wildman–Crippen LogP) is 2.13. The van der Waals surface area contributed by atoms with Crippen molar-refractivity contribution in [3.8, 4) is 0 Å². The predicted molar refractivity (Wildman–Crippen MR) is 72.2 cm³/mol. The molecule has 0 radical (unpaired) electrons. The minimum Gasteiger partial charge on any atom is -0.367 e. The van der Waals surface area contributed by atoms with Gasteiger partial charge < -0.3 is 11.1 Å². The second kappa shape index (κ2) is 6.21. The van der Waals surface area contributed by atoms with Crippen LogP contribution in [-0.2, 0) is 0 Å². The van der Waals surface area contributed by atoms with Crippen molar-refractivity contribution in [2.75, 3.05) is 18.1 Å². The van der Waals surface area contributed by atoms with Gasteiger partial charge in [0.2, 0.25) is 0 Å². The van der Waals surface area contributed by atoms with Gasteiger partial charge >= 0.3 is 0 Å². The zero-order chi connectivity index (χ0) is 12.1. The topological polar surface area (TPSA) is 63.8 Å². The maximum absolute atomic E-state index is 5.70. The van der Waals surface area contributed by atoms with Gasteiger partial charge in [0.15, 0.2) is 0 Å². The van der Waals surface area contributed by atoms with E-state index in [0.717, 1.165) is 23.3 Å². The highest BCUT2D eigenvalue weighted by Crippen LogP contribution is 2.25. The van der Waals surface area contributed by atoms with Gasteiger partial charge in [0.1, 0.15) is 17.2 Å². The van der Waals surface area contributed by atoms with Crippen molar-refractivity contribution < 1.29 is 0 Å². The van der Waals surface area contributed by atoms with Crippen LogP contribution in [0.15, 0.2) is 17.4 Å². The molecule has 0 unspecified atom stereocenters. The maximum Gasteiger partial charge on any atom is 0.130 e. The minimum absolute atomic E-state index is 0.544. The normalized spacial score (nSPS) is 24.6. The van der Waals surface area contributed by atoms with E-state index in [9.17, 15) is 0 Å². The average molecular weight is 252 g/mol. The number of nitrogens with zero attached hydrogens (tertiary/aromatic N) is 2. The molecule has 94 valence electrons. The van der Waals surface area contributed by atoms with E-state index in [1.54, 1.807) is 18.1 Å². The first-order valence-electron chi connectivity index (χ1n) is 6.14. The van der Waals surface area contributed by atoms with Gasteiger partial charge in [0.25, 0.3) is 0 Å². The quantitative estimate of drug-likeness (QED) is 0.635. The Morgan fingerprint density at radius 3 is 2.76 bits per heavy atom. The third kappa shape index (κ3) is 3.57. The number of hydrogen-bond donors (Lipinski definition) is 2. The summed E-state index contributed by atoms with van der Waals surface area (Å²) < 4.78 is 0. The summed E-state index contributed by atoms with van der Waals surface area (Å²) in [7, 11) is 0. The molecule has 0 amide bonds. The van der Waals surface area contributed by atoms with E-state index >= 15 is 0 Å². The summed E-state index contributed by atoms with van der Waals surface area (Å²) in [5, 5.41) is 4.51. The standard InChI is InChI=1S/C12H20N4S/c1-17-12-6-11(14-8-15-12)16-10-4-2-9(7-13)3-5-10/h6,8-10H,2-5,7,13H2,1H3,(H,14,15,16). The van der Waals surface area contributed by atoms with E-state index in [0.29, 0.717) is 6.04 Å². The van der Waals surface area contributed by atoms with E-state index in [-0.39, 0.29) is 0 Å². The largest absolute Gasteiger partial charge is 0.367 e. The zero-order valence-electron chi connectivity index (χ0n) is 10.2. The first-order valence-corrected chi connectivity index (χ1v) is 7.37. The van der Waals surface area contributed by atoms with E-state index in [1.807, 2.05) is 12.3 Å². The van der Waals surface area contributed by atoms with Crippen LogP contribution in [0.1, 0.15) is 25.7 Å². The molecule has 0 saturated heterocycles. The molecule has 3 N–H and O–H groups in total. The summed E-state index contributed by atoms with van der Waals surface area (Å²) in [5.41, 5.74) is 5.70. The van der Waals surface area contributed by atoms with Gasteiger partial charge in [0, 0.05) is 12.1 Å². The van der Waals surface area contributed by atoms with Crippen LogP contribution in [-0.4, -0.2) is 28.8 Å². The van der Waals surface area contributed by atoms with Crippen molar-refractivity contribution >= 4 is 17.6 Å². The summed E-state index contributed by atoms with van der Waals surface area (Å²) >= 11 is 1.64. The number of hydrogen-bond acceptors (Lipinski definition) is 5. The van der Waals surface area contributed by atoms with Crippen molar-refractivity contribution in [1.29, 1.82) is 0 Å². The number of anilines is 1. The van der Waals surface area contributed by atoms with Gasteiger partial charge in [-0.2, -0.15) is 0 Å². The van der Waals surface area contributed by atoms with Crippen LogP contribution in [0.5, 0.6) is 0 Å². The molecule has 0 atom stereocenters. The third-order valence-corrected chi connectivity index (χ3v) is 4.02. The molecule has 5 heteroatoms. The summed E-state index contributed by atoms with van der Waals surface area (Å²) in [6, 6.07) is 2.56. The highest BCUT2D eigenvalue weighted by Gasteiger charge is 2.20. The zero-order valence-corrected chi connectivity index (χ0v) is 11.0.